The van der Waals surface area contributed by atoms with Gasteiger partial charge >= 0.3 is 0 Å². The summed E-state index contributed by atoms with van der Waals surface area (Å²) in [6.07, 6.45) is 4.71. The molecule has 92 valence electrons. The fourth-order valence-electron chi connectivity index (χ4n) is 2.84. The van der Waals surface area contributed by atoms with Gasteiger partial charge in [-0.25, -0.2) is 0 Å². The average molecular weight is 223 g/mol. The number of nitrogens with zero attached hydrogens (tertiary/aromatic N) is 3. The molecular formula is C13H25N3. The molecule has 0 bridgehead atoms. The molecule has 16 heavy (non-hydrogen) atoms. The first-order chi connectivity index (χ1) is 7.79. The van der Waals surface area contributed by atoms with Gasteiger partial charge in [0.15, 0.2) is 0 Å². The SMILES string of the molecule is C=CCN1CCC(N2CCN(C)CC2)CC1. The molecule has 3 nitrogen and oxygen atoms in total. The minimum Gasteiger partial charge on any atom is -0.304 e. The molecule has 2 saturated heterocycles. The molecule has 0 aliphatic carbocycles. The minimum absolute atomic E-state index is 0.842. The van der Waals surface area contributed by atoms with Gasteiger partial charge in [0.25, 0.3) is 0 Å². The van der Waals surface area contributed by atoms with Crippen molar-refractivity contribution in [3.8, 4) is 0 Å². The summed E-state index contributed by atoms with van der Waals surface area (Å²) in [5.74, 6) is 0. The Morgan fingerprint density at radius 2 is 1.69 bits per heavy atom. The number of piperazine rings is 1. The van der Waals surface area contributed by atoms with E-state index in [9.17, 15) is 0 Å². The molecule has 0 aromatic heterocycles. The van der Waals surface area contributed by atoms with Gasteiger partial charge in [0.1, 0.15) is 0 Å². The van der Waals surface area contributed by atoms with Crippen LogP contribution in [0.5, 0.6) is 0 Å². The highest BCUT2D eigenvalue weighted by Gasteiger charge is 2.25. The Morgan fingerprint density at radius 1 is 1.06 bits per heavy atom. The molecule has 2 aliphatic rings. The Morgan fingerprint density at radius 3 is 2.25 bits per heavy atom. The van der Waals surface area contributed by atoms with E-state index in [0.29, 0.717) is 0 Å². The maximum Gasteiger partial charge on any atom is 0.0160 e. The van der Waals surface area contributed by atoms with E-state index in [1.54, 1.807) is 0 Å². The topological polar surface area (TPSA) is 9.72 Å². The first-order valence-corrected chi connectivity index (χ1v) is 6.55. The first kappa shape index (κ1) is 12.1. The predicted octanol–water partition coefficient (Wildman–Crippen LogP) is 0.884. The molecule has 0 spiro atoms. The number of likely N-dealkylation sites (tertiary alicyclic amines) is 1. The van der Waals surface area contributed by atoms with E-state index in [1.165, 1.54) is 52.1 Å². The lowest BCUT2D eigenvalue weighted by Crippen LogP contribution is -2.52. The average Bonchev–Trinajstić information content (AvgIpc) is 2.32. The van der Waals surface area contributed by atoms with Gasteiger partial charge in [-0.3, -0.25) is 9.80 Å². The standard InChI is InChI=1S/C13H25N3/c1-3-6-15-7-4-13(5-8-15)16-11-9-14(2)10-12-16/h3,13H,1,4-12H2,2H3. The van der Waals surface area contributed by atoms with Crippen LogP contribution in [0.4, 0.5) is 0 Å². The van der Waals surface area contributed by atoms with E-state index in [1.807, 2.05) is 6.08 Å². The molecule has 2 fully saturated rings. The second-order valence-electron chi connectivity index (χ2n) is 5.16. The zero-order chi connectivity index (χ0) is 11.4. The number of rotatable bonds is 3. The van der Waals surface area contributed by atoms with E-state index in [0.717, 1.165) is 12.6 Å². The van der Waals surface area contributed by atoms with Crippen molar-refractivity contribution in [1.82, 2.24) is 14.7 Å². The van der Waals surface area contributed by atoms with Crippen molar-refractivity contribution >= 4 is 0 Å². The number of likely N-dealkylation sites (N-methyl/N-ethyl adjacent to an activating group) is 1. The Kier molecular flexibility index (Phi) is 4.38. The molecule has 0 radical (unpaired) electrons. The Labute approximate surface area is 99.7 Å². The highest BCUT2D eigenvalue weighted by Crippen LogP contribution is 2.17. The number of hydrogen-bond acceptors (Lipinski definition) is 3. The lowest BCUT2D eigenvalue weighted by atomic mass is 10.0. The Hall–Kier alpha value is -0.380. The summed E-state index contributed by atoms with van der Waals surface area (Å²) in [4.78, 5) is 7.65. The maximum absolute atomic E-state index is 3.81. The molecule has 2 aliphatic heterocycles. The summed E-state index contributed by atoms with van der Waals surface area (Å²) < 4.78 is 0. The monoisotopic (exact) mass is 223 g/mol. The Balaban J connectivity index is 1.74. The van der Waals surface area contributed by atoms with Gasteiger partial charge in [-0.15, -0.1) is 6.58 Å². The van der Waals surface area contributed by atoms with Crippen molar-refractivity contribution in [2.24, 2.45) is 0 Å². The zero-order valence-corrected chi connectivity index (χ0v) is 10.6. The molecule has 0 saturated carbocycles. The van der Waals surface area contributed by atoms with Gasteiger partial charge in [0, 0.05) is 38.8 Å². The van der Waals surface area contributed by atoms with E-state index in [-0.39, 0.29) is 0 Å². The summed E-state index contributed by atoms with van der Waals surface area (Å²) in [5, 5.41) is 0. The van der Waals surface area contributed by atoms with Gasteiger partial charge in [0.05, 0.1) is 0 Å². The third-order valence-corrected chi connectivity index (χ3v) is 4.00. The van der Waals surface area contributed by atoms with Crippen LogP contribution in [0.1, 0.15) is 12.8 Å². The molecule has 0 N–H and O–H groups in total. The van der Waals surface area contributed by atoms with Crippen molar-refractivity contribution < 1.29 is 0 Å². The molecule has 0 aromatic rings. The highest BCUT2D eigenvalue weighted by atomic mass is 15.3. The van der Waals surface area contributed by atoms with Crippen molar-refractivity contribution in [2.45, 2.75) is 18.9 Å². The van der Waals surface area contributed by atoms with Crippen LogP contribution in [0.25, 0.3) is 0 Å². The molecule has 0 aromatic carbocycles. The van der Waals surface area contributed by atoms with Gasteiger partial charge < -0.3 is 4.90 Å². The first-order valence-electron chi connectivity index (χ1n) is 6.55. The van der Waals surface area contributed by atoms with Crippen LogP contribution in [0.3, 0.4) is 0 Å². The van der Waals surface area contributed by atoms with Gasteiger partial charge in [-0.05, 0) is 33.0 Å². The summed E-state index contributed by atoms with van der Waals surface area (Å²) in [7, 11) is 2.23. The lowest BCUT2D eigenvalue weighted by Gasteiger charge is -2.41. The van der Waals surface area contributed by atoms with Crippen molar-refractivity contribution in [1.29, 1.82) is 0 Å². The molecule has 2 rings (SSSR count). The molecule has 0 unspecified atom stereocenters. The maximum atomic E-state index is 3.81. The largest absolute Gasteiger partial charge is 0.304 e. The molecule has 0 atom stereocenters. The third-order valence-electron chi connectivity index (χ3n) is 4.00. The summed E-state index contributed by atoms with van der Waals surface area (Å²) in [6.45, 7) is 12.4. The lowest BCUT2D eigenvalue weighted by molar-refractivity contribution is 0.0708. The second kappa shape index (κ2) is 5.80. The van der Waals surface area contributed by atoms with Crippen LogP contribution < -0.4 is 0 Å². The van der Waals surface area contributed by atoms with E-state index >= 15 is 0 Å². The normalized spacial score (nSPS) is 27.1. The van der Waals surface area contributed by atoms with Crippen molar-refractivity contribution in [3.63, 3.8) is 0 Å². The van der Waals surface area contributed by atoms with Gasteiger partial charge in [-0.1, -0.05) is 6.08 Å². The van der Waals surface area contributed by atoms with E-state index in [4.69, 9.17) is 0 Å². The minimum atomic E-state index is 0.842. The van der Waals surface area contributed by atoms with Crippen LogP contribution in [-0.4, -0.2) is 73.6 Å². The quantitative estimate of drug-likeness (QED) is 0.658. The van der Waals surface area contributed by atoms with Crippen LogP contribution in [0, 0.1) is 0 Å². The molecule has 3 heteroatoms. The van der Waals surface area contributed by atoms with E-state index < -0.39 is 0 Å². The molecular weight excluding hydrogens is 198 g/mol. The van der Waals surface area contributed by atoms with Crippen molar-refractivity contribution in [2.75, 3.05) is 52.9 Å². The van der Waals surface area contributed by atoms with Crippen LogP contribution in [-0.2, 0) is 0 Å². The van der Waals surface area contributed by atoms with E-state index in [2.05, 4.69) is 28.3 Å². The predicted molar refractivity (Wildman–Crippen MR) is 68.7 cm³/mol. The molecule has 2 heterocycles. The van der Waals surface area contributed by atoms with Crippen LogP contribution in [0.2, 0.25) is 0 Å². The second-order valence-corrected chi connectivity index (χ2v) is 5.16. The number of piperidine rings is 1. The fraction of sp³-hybridized carbons (Fsp3) is 0.846. The number of hydrogen-bond donors (Lipinski definition) is 0. The van der Waals surface area contributed by atoms with Crippen molar-refractivity contribution in [3.05, 3.63) is 12.7 Å². The van der Waals surface area contributed by atoms with Crippen LogP contribution in [0.15, 0.2) is 12.7 Å². The van der Waals surface area contributed by atoms with Crippen LogP contribution >= 0.6 is 0 Å². The fourth-order valence-corrected chi connectivity index (χ4v) is 2.84. The summed E-state index contributed by atoms with van der Waals surface area (Å²) in [5.41, 5.74) is 0. The van der Waals surface area contributed by atoms with Gasteiger partial charge in [0.2, 0.25) is 0 Å². The summed E-state index contributed by atoms with van der Waals surface area (Å²) >= 11 is 0. The van der Waals surface area contributed by atoms with Gasteiger partial charge in [-0.2, -0.15) is 0 Å². The third kappa shape index (κ3) is 3.06. The Bertz CT molecular complexity index is 213. The highest BCUT2D eigenvalue weighted by molar-refractivity contribution is 4.84. The molecule has 0 amide bonds. The zero-order valence-electron chi connectivity index (χ0n) is 10.6. The summed E-state index contributed by atoms with van der Waals surface area (Å²) in [6, 6.07) is 0.842. The smallest absolute Gasteiger partial charge is 0.0160 e.